The number of carbonyl (C=O) groups excluding carboxylic acids is 1. The molecule has 0 saturated carbocycles. The molecular weight excluding hydrogens is 376 g/mol. The van der Waals surface area contributed by atoms with Gasteiger partial charge >= 0.3 is 0 Å². The zero-order chi connectivity index (χ0) is 15.8. The number of halogens is 1. The molecule has 4 nitrogen and oxygen atoms in total. The molecule has 1 aliphatic rings. The molecule has 3 aromatic rings. The summed E-state index contributed by atoms with van der Waals surface area (Å²) in [6, 6.07) is 13.4. The fourth-order valence-corrected chi connectivity index (χ4v) is 4.23. The molecule has 1 N–H and O–H groups in total. The maximum atomic E-state index is 13.0. The summed E-state index contributed by atoms with van der Waals surface area (Å²) < 4.78 is 6.45. The lowest BCUT2D eigenvalue weighted by molar-refractivity contribution is 0.0654. The highest BCUT2D eigenvalue weighted by molar-refractivity contribution is 9.10. The van der Waals surface area contributed by atoms with Crippen LogP contribution in [0.25, 0.3) is 0 Å². The van der Waals surface area contributed by atoms with Crippen molar-refractivity contribution < 1.29 is 9.21 Å². The molecule has 1 atom stereocenters. The number of carbonyl (C=O) groups is 1. The first kappa shape index (κ1) is 14.5. The molecule has 0 spiro atoms. The van der Waals surface area contributed by atoms with E-state index in [2.05, 4.69) is 21.2 Å². The molecule has 116 valence electrons. The highest BCUT2D eigenvalue weighted by Gasteiger charge is 2.34. The van der Waals surface area contributed by atoms with Gasteiger partial charge in [0.25, 0.3) is 5.91 Å². The van der Waals surface area contributed by atoms with Crippen molar-refractivity contribution >= 4 is 38.9 Å². The number of nitrogens with one attached hydrogen (secondary N) is 1. The van der Waals surface area contributed by atoms with E-state index in [1.54, 1.807) is 22.5 Å². The maximum absolute atomic E-state index is 13.0. The Morgan fingerprint density at radius 3 is 2.87 bits per heavy atom. The number of fused-ring (bicyclic) bond motifs is 1. The van der Waals surface area contributed by atoms with E-state index in [0.717, 1.165) is 20.8 Å². The van der Waals surface area contributed by atoms with Gasteiger partial charge in [0.05, 0.1) is 18.4 Å². The molecule has 3 heterocycles. The molecule has 1 aromatic carbocycles. The van der Waals surface area contributed by atoms with Crippen LogP contribution in [0, 0.1) is 0 Å². The van der Waals surface area contributed by atoms with Crippen molar-refractivity contribution in [2.24, 2.45) is 0 Å². The van der Waals surface area contributed by atoms with Crippen LogP contribution >= 0.6 is 27.3 Å². The molecule has 0 fully saturated rings. The van der Waals surface area contributed by atoms with Crippen molar-refractivity contribution in [3.63, 3.8) is 0 Å². The van der Waals surface area contributed by atoms with Gasteiger partial charge in [0.2, 0.25) is 0 Å². The van der Waals surface area contributed by atoms with Crippen LogP contribution in [-0.4, -0.2) is 10.8 Å². The highest BCUT2D eigenvalue weighted by atomic mass is 79.9. The van der Waals surface area contributed by atoms with Gasteiger partial charge < -0.3 is 14.6 Å². The third-order valence-corrected chi connectivity index (χ3v) is 5.53. The molecule has 6 heteroatoms. The van der Waals surface area contributed by atoms with Gasteiger partial charge in [0.15, 0.2) is 0 Å². The van der Waals surface area contributed by atoms with E-state index in [-0.39, 0.29) is 12.1 Å². The summed E-state index contributed by atoms with van der Waals surface area (Å²) >= 11 is 5.10. The molecule has 2 aromatic heterocycles. The second kappa shape index (κ2) is 5.86. The van der Waals surface area contributed by atoms with E-state index in [1.165, 1.54) is 0 Å². The fraction of sp³-hybridized carbons (Fsp3) is 0.118. The molecule has 0 saturated heterocycles. The summed E-state index contributed by atoms with van der Waals surface area (Å²) in [5.74, 6) is 0.769. The summed E-state index contributed by atoms with van der Waals surface area (Å²) in [4.78, 5) is 15.9. The minimum atomic E-state index is -0.209. The third-order valence-electron chi connectivity index (χ3n) is 3.79. The average molecular weight is 389 g/mol. The summed E-state index contributed by atoms with van der Waals surface area (Å²) in [6.45, 7) is 0.424. The molecule has 1 amide bonds. The van der Waals surface area contributed by atoms with E-state index >= 15 is 0 Å². The zero-order valence-electron chi connectivity index (χ0n) is 12.0. The maximum Gasteiger partial charge on any atom is 0.258 e. The third kappa shape index (κ3) is 2.68. The summed E-state index contributed by atoms with van der Waals surface area (Å²) in [5.41, 5.74) is 1.55. The topological polar surface area (TPSA) is 45.5 Å². The molecule has 4 rings (SSSR count). The van der Waals surface area contributed by atoms with Crippen LogP contribution in [0.5, 0.6) is 0 Å². The Balaban J connectivity index is 1.76. The predicted octanol–water partition coefficient (Wildman–Crippen LogP) is 4.87. The SMILES string of the molecule is O=C1c2ccccc2NC(c2cc(Br)cs2)N1Cc1ccco1. The van der Waals surface area contributed by atoms with Gasteiger partial charge in [-0.1, -0.05) is 12.1 Å². The number of hydrogen-bond donors (Lipinski definition) is 1. The fourth-order valence-electron chi connectivity index (χ4n) is 2.72. The first-order chi connectivity index (χ1) is 11.2. The number of furan rings is 1. The molecule has 0 radical (unpaired) electrons. The van der Waals surface area contributed by atoms with E-state index in [1.807, 2.05) is 47.8 Å². The second-order valence-corrected chi connectivity index (χ2v) is 7.13. The minimum Gasteiger partial charge on any atom is -0.467 e. The average Bonchev–Trinajstić information content (AvgIpc) is 3.21. The van der Waals surface area contributed by atoms with Crippen LogP contribution in [0.4, 0.5) is 5.69 Å². The van der Waals surface area contributed by atoms with Gasteiger partial charge in [0, 0.05) is 20.4 Å². The zero-order valence-corrected chi connectivity index (χ0v) is 14.4. The van der Waals surface area contributed by atoms with Crippen molar-refractivity contribution in [1.82, 2.24) is 4.90 Å². The molecule has 23 heavy (non-hydrogen) atoms. The molecule has 1 aliphatic heterocycles. The summed E-state index contributed by atoms with van der Waals surface area (Å²) in [5, 5.41) is 5.49. The molecule has 0 aliphatic carbocycles. The standard InChI is InChI=1S/C17H13BrN2O2S/c18-11-8-15(23-10-11)16-19-14-6-2-1-5-13(14)17(21)20(16)9-12-4-3-7-22-12/h1-8,10,16,19H,9H2. The van der Waals surface area contributed by atoms with Crippen molar-refractivity contribution in [2.75, 3.05) is 5.32 Å². The van der Waals surface area contributed by atoms with Crippen LogP contribution in [0.2, 0.25) is 0 Å². The minimum absolute atomic E-state index is 0.00488. The summed E-state index contributed by atoms with van der Waals surface area (Å²) in [6.07, 6.45) is 1.42. The largest absolute Gasteiger partial charge is 0.467 e. The van der Waals surface area contributed by atoms with Gasteiger partial charge in [-0.25, -0.2) is 0 Å². The number of hydrogen-bond acceptors (Lipinski definition) is 4. The van der Waals surface area contributed by atoms with Gasteiger partial charge in [-0.2, -0.15) is 0 Å². The number of benzene rings is 1. The van der Waals surface area contributed by atoms with E-state index in [9.17, 15) is 4.79 Å². The highest BCUT2D eigenvalue weighted by Crippen LogP contribution is 2.37. The summed E-state index contributed by atoms with van der Waals surface area (Å²) in [7, 11) is 0. The Bertz CT molecular complexity index is 844. The van der Waals surface area contributed by atoms with Crippen LogP contribution < -0.4 is 5.32 Å². The van der Waals surface area contributed by atoms with Gasteiger partial charge in [-0.3, -0.25) is 4.79 Å². The molecule has 1 unspecified atom stereocenters. The smallest absolute Gasteiger partial charge is 0.258 e. The number of thiophene rings is 1. The van der Waals surface area contributed by atoms with E-state index in [0.29, 0.717) is 12.1 Å². The first-order valence-electron chi connectivity index (χ1n) is 7.15. The number of amides is 1. The lowest BCUT2D eigenvalue weighted by atomic mass is 10.1. The Kier molecular flexibility index (Phi) is 3.71. The van der Waals surface area contributed by atoms with Gasteiger partial charge in [0.1, 0.15) is 11.9 Å². The lowest BCUT2D eigenvalue weighted by Gasteiger charge is -2.36. The number of nitrogens with zero attached hydrogens (tertiary/aromatic N) is 1. The lowest BCUT2D eigenvalue weighted by Crippen LogP contribution is -2.42. The predicted molar refractivity (Wildman–Crippen MR) is 93.4 cm³/mol. The monoisotopic (exact) mass is 388 g/mol. The normalized spacial score (nSPS) is 17.0. The van der Waals surface area contributed by atoms with Crippen molar-refractivity contribution in [2.45, 2.75) is 12.7 Å². The second-order valence-electron chi connectivity index (χ2n) is 5.27. The van der Waals surface area contributed by atoms with Crippen molar-refractivity contribution in [3.8, 4) is 0 Å². The molecular formula is C17H13BrN2O2S. The van der Waals surface area contributed by atoms with Gasteiger partial charge in [-0.05, 0) is 46.3 Å². The van der Waals surface area contributed by atoms with E-state index in [4.69, 9.17) is 4.42 Å². The van der Waals surface area contributed by atoms with Crippen LogP contribution in [0.15, 0.2) is 63.0 Å². The van der Waals surface area contributed by atoms with Gasteiger partial charge in [-0.15, -0.1) is 11.3 Å². The Morgan fingerprint density at radius 1 is 1.26 bits per heavy atom. The number of anilines is 1. The Labute approximate surface area is 145 Å². The quantitative estimate of drug-likeness (QED) is 0.695. The Hall–Kier alpha value is -2.05. The van der Waals surface area contributed by atoms with Crippen molar-refractivity contribution in [1.29, 1.82) is 0 Å². The first-order valence-corrected chi connectivity index (χ1v) is 8.82. The van der Waals surface area contributed by atoms with E-state index < -0.39 is 0 Å². The Morgan fingerprint density at radius 2 is 2.13 bits per heavy atom. The molecule has 0 bridgehead atoms. The number of rotatable bonds is 3. The number of para-hydroxylation sites is 1. The van der Waals surface area contributed by atoms with Crippen molar-refractivity contribution in [3.05, 3.63) is 74.8 Å². The van der Waals surface area contributed by atoms with Crippen LogP contribution in [0.3, 0.4) is 0 Å². The van der Waals surface area contributed by atoms with Crippen LogP contribution in [0.1, 0.15) is 27.2 Å². The van der Waals surface area contributed by atoms with Crippen LogP contribution in [-0.2, 0) is 6.54 Å².